The molecule has 1 unspecified atom stereocenters. The first-order chi connectivity index (χ1) is 22.3. The summed E-state index contributed by atoms with van der Waals surface area (Å²) in [5, 5.41) is 0. The maximum absolute atomic E-state index is 14.6. The highest BCUT2D eigenvalue weighted by molar-refractivity contribution is 5.13. The van der Waals surface area contributed by atoms with E-state index in [4.69, 9.17) is 9.47 Å². The topological polar surface area (TPSA) is 18.5 Å². The Hall–Kier alpha value is -1.90. The van der Waals surface area contributed by atoms with E-state index in [-0.39, 0.29) is 0 Å². The average Bonchev–Trinajstić information content (AvgIpc) is 2.93. The molecule has 1 aliphatic heterocycles. The van der Waals surface area contributed by atoms with E-state index in [0.717, 1.165) is 6.92 Å². The van der Waals surface area contributed by atoms with Crippen LogP contribution < -0.4 is 0 Å². The van der Waals surface area contributed by atoms with E-state index in [2.05, 4.69) is 0 Å². The Bertz CT molecular complexity index is 1170. The van der Waals surface area contributed by atoms with Gasteiger partial charge >= 0.3 is 71.6 Å². The lowest BCUT2D eigenvalue weighted by Crippen LogP contribution is -2.70. The van der Waals surface area contributed by atoms with Gasteiger partial charge in [-0.25, -0.2) is 0 Å². The molecule has 28 heteroatoms. The molecule has 0 aromatic carbocycles. The third-order valence-corrected chi connectivity index (χ3v) is 8.24. The fourth-order valence-corrected chi connectivity index (χ4v) is 4.63. The van der Waals surface area contributed by atoms with E-state index in [9.17, 15) is 114 Å². The zero-order chi connectivity index (χ0) is 42.2. The van der Waals surface area contributed by atoms with Crippen molar-refractivity contribution >= 4 is 0 Å². The predicted molar refractivity (Wildman–Crippen MR) is 118 cm³/mol. The molecule has 2 nitrogen and oxygen atoms in total. The highest BCUT2D eigenvalue weighted by Gasteiger charge is 2.92. The van der Waals surface area contributed by atoms with Crippen LogP contribution in [0, 0.1) is 5.41 Å². The van der Waals surface area contributed by atoms with Crippen molar-refractivity contribution in [2.24, 2.45) is 5.41 Å². The van der Waals surface area contributed by atoms with Gasteiger partial charge in [0.1, 0.15) is 0 Å². The molecule has 1 saturated heterocycles. The molecular formula is C24H22F26O2. The van der Waals surface area contributed by atoms with E-state index >= 15 is 0 Å². The highest BCUT2D eigenvalue weighted by Crippen LogP contribution is 2.64. The molecule has 0 aromatic heterocycles. The smallest absolute Gasteiger partial charge is 0.352 e. The summed E-state index contributed by atoms with van der Waals surface area (Å²) in [5.41, 5.74) is -5.90. The lowest BCUT2D eigenvalue weighted by molar-refractivity contribution is -0.441. The van der Waals surface area contributed by atoms with Crippen molar-refractivity contribution < 1.29 is 124 Å². The number of hydrogen-bond donors (Lipinski definition) is 0. The molecule has 0 bridgehead atoms. The van der Waals surface area contributed by atoms with E-state index < -0.39 is 128 Å². The van der Waals surface area contributed by atoms with Crippen molar-refractivity contribution in [3.63, 3.8) is 0 Å². The van der Waals surface area contributed by atoms with E-state index in [1.165, 1.54) is 0 Å². The van der Waals surface area contributed by atoms with Gasteiger partial charge in [-0.1, -0.05) is 20.8 Å². The summed E-state index contributed by atoms with van der Waals surface area (Å²) in [6, 6.07) is 0. The largest absolute Gasteiger partial charge is 0.460 e. The minimum Gasteiger partial charge on any atom is -0.352 e. The minimum atomic E-state index is -8.38. The fraction of sp³-hybridized carbons (Fsp3) is 1.00. The molecule has 1 aliphatic rings. The van der Waals surface area contributed by atoms with Gasteiger partial charge in [-0.3, -0.25) is 0 Å². The lowest BCUT2D eigenvalue weighted by atomic mass is 9.68. The number of ether oxygens (including phenoxy) is 2. The maximum atomic E-state index is 14.6. The van der Waals surface area contributed by atoms with Crippen LogP contribution in [0.3, 0.4) is 0 Å². The van der Waals surface area contributed by atoms with Crippen molar-refractivity contribution in [1.29, 1.82) is 0 Å². The molecule has 0 aromatic rings. The number of hydrogen-bond acceptors (Lipinski definition) is 2. The van der Waals surface area contributed by atoms with Crippen molar-refractivity contribution in [3.8, 4) is 0 Å². The molecule has 0 radical (unpaired) electrons. The van der Waals surface area contributed by atoms with Gasteiger partial charge in [-0.05, 0) is 19.3 Å². The molecule has 0 N–H and O–H groups in total. The molecule has 1 rings (SSSR count). The second kappa shape index (κ2) is 13.1. The SMILES string of the molecule is CCC1OCC(C)(C)C(CCC(F)(F)C(F)(F)C(F)(F)C(F)(F)C(F)(F)C(F)(F)F)(CCC(F)(F)C(F)(F)C(F)(F)C(F)(F)C(F)(F)C(F)(F)F)O1. The summed E-state index contributed by atoms with van der Waals surface area (Å²) >= 11 is 0. The zero-order valence-electron chi connectivity index (χ0n) is 25.5. The van der Waals surface area contributed by atoms with Crippen LogP contribution in [-0.4, -0.2) is 90.1 Å². The van der Waals surface area contributed by atoms with Gasteiger partial charge in [-0.2, -0.15) is 114 Å². The van der Waals surface area contributed by atoms with Crippen LogP contribution in [0.15, 0.2) is 0 Å². The molecule has 0 aliphatic carbocycles. The Kier molecular flexibility index (Phi) is 12.1. The summed E-state index contributed by atoms with van der Waals surface area (Å²) in [4.78, 5) is 0. The fourth-order valence-electron chi connectivity index (χ4n) is 4.63. The van der Waals surface area contributed by atoms with Crippen molar-refractivity contribution in [3.05, 3.63) is 0 Å². The molecule has 1 atom stereocenters. The van der Waals surface area contributed by atoms with Gasteiger partial charge < -0.3 is 9.47 Å². The van der Waals surface area contributed by atoms with Crippen LogP contribution in [-0.2, 0) is 9.47 Å². The van der Waals surface area contributed by atoms with E-state index in [1.807, 2.05) is 0 Å². The normalized spacial score (nSPS) is 21.1. The lowest BCUT2D eigenvalue weighted by Gasteiger charge is -2.53. The quantitative estimate of drug-likeness (QED) is 0.153. The van der Waals surface area contributed by atoms with Gasteiger partial charge in [0.05, 0.1) is 12.2 Å². The van der Waals surface area contributed by atoms with Gasteiger partial charge in [0.15, 0.2) is 6.29 Å². The molecule has 1 fully saturated rings. The first kappa shape index (κ1) is 48.1. The van der Waals surface area contributed by atoms with Crippen LogP contribution in [0.1, 0.15) is 52.9 Å². The molecular weight excluding hydrogens is 814 g/mol. The third kappa shape index (κ3) is 6.93. The number of alkyl halides is 26. The van der Waals surface area contributed by atoms with Crippen molar-refractivity contribution in [1.82, 2.24) is 0 Å². The van der Waals surface area contributed by atoms with Crippen LogP contribution in [0.25, 0.3) is 0 Å². The number of rotatable bonds is 15. The molecule has 1 heterocycles. The van der Waals surface area contributed by atoms with Gasteiger partial charge in [0.2, 0.25) is 0 Å². The Labute approximate surface area is 273 Å². The summed E-state index contributed by atoms with van der Waals surface area (Å²) in [7, 11) is 0. The zero-order valence-corrected chi connectivity index (χ0v) is 25.5. The van der Waals surface area contributed by atoms with Crippen molar-refractivity contribution in [2.45, 2.75) is 136 Å². The first-order valence-corrected chi connectivity index (χ1v) is 13.5. The second-order valence-corrected chi connectivity index (χ2v) is 12.1. The van der Waals surface area contributed by atoms with Crippen LogP contribution >= 0.6 is 0 Å². The highest BCUT2D eigenvalue weighted by atomic mass is 19.4. The van der Waals surface area contributed by atoms with Crippen LogP contribution in [0.2, 0.25) is 0 Å². The van der Waals surface area contributed by atoms with Crippen LogP contribution in [0.5, 0.6) is 0 Å². The number of halogens is 26. The predicted octanol–water partition coefficient (Wildman–Crippen LogP) is 11.6. The van der Waals surface area contributed by atoms with Gasteiger partial charge in [0, 0.05) is 18.3 Å². The molecule has 0 spiro atoms. The average molecular weight is 836 g/mol. The molecule has 0 amide bonds. The summed E-state index contributed by atoms with van der Waals surface area (Å²) in [5.74, 6) is -79.6. The first-order valence-electron chi connectivity index (χ1n) is 13.5. The van der Waals surface area contributed by atoms with E-state index in [0.29, 0.717) is 13.8 Å². The molecule has 312 valence electrons. The minimum absolute atomic E-state index is 0.574. The standard InChI is InChI=1S/C24H22F26O2/c1-4-10-51-9-11(2,3)12(52-10,5-7-13(25,26)15(29,30)17(33,34)19(37,38)21(41,42)23(45,46)47)6-8-14(27,28)16(31,32)18(35,36)20(39,40)22(43,44)24(48,49)50/h10H,4-9H2,1-3H3. The second-order valence-electron chi connectivity index (χ2n) is 12.1. The van der Waals surface area contributed by atoms with Crippen LogP contribution in [0.4, 0.5) is 114 Å². The summed E-state index contributed by atoms with van der Waals surface area (Å²) < 4.78 is 363. The summed E-state index contributed by atoms with van der Waals surface area (Å²) in [6.45, 7) is 1.04. The Balaban J connectivity index is 3.75. The Morgan fingerprint density at radius 1 is 0.442 bits per heavy atom. The Morgan fingerprint density at radius 3 is 0.962 bits per heavy atom. The third-order valence-electron chi connectivity index (χ3n) is 8.24. The molecule has 0 saturated carbocycles. The van der Waals surface area contributed by atoms with Crippen molar-refractivity contribution in [2.75, 3.05) is 6.61 Å². The monoisotopic (exact) mass is 836 g/mol. The maximum Gasteiger partial charge on any atom is 0.460 e. The van der Waals surface area contributed by atoms with E-state index in [1.54, 1.807) is 0 Å². The molecule has 52 heavy (non-hydrogen) atoms. The summed E-state index contributed by atoms with van der Waals surface area (Å²) in [6.07, 6.45) is -29.4. The van der Waals surface area contributed by atoms with Gasteiger partial charge in [0.25, 0.3) is 0 Å². The Morgan fingerprint density at radius 2 is 0.712 bits per heavy atom. The van der Waals surface area contributed by atoms with Gasteiger partial charge in [-0.15, -0.1) is 0 Å².